The normalized spacial score (nSPS) is 11.7. The number of nitrogens with one attached hydrogen (secondary N) is 1. The van der Waals surface area contributed by atoms with Crippen molar-refractivity contribution in [2.24, 2.45) is 0 Å². The Morgan fingerprint density at radius 3 is 2.52 bits per heavy atom. The molecule has 0 unspecified atom stereocenters. The molecule has 1 N–H and O–H groups in total. The Morgan fingerprint density at radius 1 is 1.19 bits per heavy atom. The van der Waals surface area contributed by atoms with E-state index in [1.54, 1.807) is 0 Å². The molecule has 0 spiro atoms. The van der Waals surface area contributed by atoms with E-state index >= 15 is 0 Å². The number of hydrogen-bond acceptors (Lipinski definition) is 4. The van der Waals surface area contributed by atoms with E-state index in [2.05, 4.69) is 50.0 Å². The lowest BCUT2D eigenvalue weighted by atomic mass is 9.92. The van der Waals surface area contributed by atoms with Crippen molar-refractivity contribution in [3.63, 3.8) is 0 Å². The topological polar surface area (TPSA) is 55.6 Å². The minimum atomic E-state index is -0.0128. The smallest absolute Gasteiger partial charge is 0.164 e. The summed E-state index contributed by atoms with van der Waals surface area (Å²) in [5.41, 5.74) is 1.99. The van der Waals surface area contributed by atoms with Crippen LogP contribution in [0.1, 0.15) is 46.7 Å². The number of rotatable bonds is 5. The fourth-order valence-corrected chi connectivity index (χ4v) is 1.96. The molecule has 0 aliphatic rings. The van der Waals surface area contributed by atoms with Crippen molar-refractivity contribution in [1.82, 2.24) is 19.7 Å². The molecule has 0 aromatic carbocycles. The summed E-state index contributed by atoms with van der Waals surface area (Å²) in [6.45, 7) is 12.5. The molecular formula is C16H25N5. The summed E-state index contributed by atoms with van der Waals surface area (Å²) in [5.74, 6) is 1.62. The standard InChI is InChI=1S/C16H25N5/c1-6-8-17-14-9-13(16(3,4)5)19-15(20-14)12-10-18-21(7-2)11-12/h9-11H,6-8H2,1-5H3,(H,17,19,20). The number of aromatic nitrogens is 4. The minimum absolute atomic E-state index is 0.0128. The van der Waals surface area contributed by atoms with E-state index in [4.69, 9.17) is 4.98 Å². The van der Waals surface area contributed by atoms with E-state index in [0.717, 1.165) is 42.4 Å². The predicted octanol–water partition coefficient (Wildman–Crippen LogP) is 3.48. The quantitative estimate of drug-likeness (QED) is 0.914. The Balaban J connectivity index is 2.43. The molecule has 0 amide bonds. The van der Waals surface area contributed by atoms with Crippen LogP contribution in [-0.2, 0) is 12.0 Å². The Morgan fingerprint density at radius 2 is 1.95 bits per heavy atom. The number of nitrogens with zero attached hydrogens (tertiary/aromatic N) is 4. The summed E-state index contributed by atoms with van der Waals surface area (Å²) in [6, 6.07) is 2.05. The first kappa shape index (κ1) is 15.5. The molecule has 5 nitrogen and oxygen atoms in total. The predicted molar refractivity (Wildman–Crippen MR) is 86.4 cm³/mol. The van der Waals surface area contributed by atoms with Crippen molar-refractivity contribution in [3.05, 3.63) is 24.2 Å². The van der Waals surface area contributed by atoms with Crippen LogP contribution in [0.3, 0.4) is 0 Å². The van der Waals surface area contributed by atoms with Crippen LogP contribution in [0.4, 0.5) is 5.82 Å². The Kier molecular flexibility index (Phi) is 4.60. The van der Waals surface area contributed by atoms with Gasteiger partial charge < -0.3 is 5.32 Å². The van der Waals surface area contributed by atoms with Gasteiger partial charge in [0, 0.05) is 30.8 Å². The van der Waals surface area contributed by atoms with Crippen LogP contribution in [0.5, 0.6) is 0 Å². The Hall–Kier alpha value is -1.91. The highest BCUT2D eigenvalue weighted by Gasteiger charge is 2.19. The molecule has 2 rings (SSSR count). The van der Waals surface area contributed by atoms with Crippen molar-refractivity contribution in [2.45, 2.75) is 53.0 Å². The van der Waals surface area contributed by atoms with Gasteiger partial charge in [-0.25, -0.2) is 9.97 Å². The van der Waals surface area contributed by atoms with Crippen molar-refractivity contribution < 1.29 is 0 Å². The van der Waals surface area contributed by atoms with E-state index in [1.807, 2.05) is 23.1 Å². The van der Waals surface area contributed by atoms with Crippen LogP contribution < -0.4 is 5.32 Å². The van der Waals surface area contributed by atoms with Crippen molar-refractivity contribution in [1.29, 1.82) is 0 Å². The van der Waals surface area contributed by atoms with Gasteiger partial charge in [-0.15, -0.1) is 0 Å². The van der Waals surface area contributed by atoms with Crippen LogP contribution in [0.15, 0.2) is 18.5 Å². The zero-order valence-corrected chi connectivity index (χ0v) is 13.6. The molecule has 0 aliphatic heterocycles. The van der Waals surface area contributed by atoms with Crippen LogP contribution in [0, 0.1) is 0 Å². The summed E-state index contributed by atoms with van der Waals surface area (Å²) < 4.78 is 1.89. The molecule has 2 aromatic rings. The maximum Gasteiger partial charge on any atom is 0.164 e. The second kappa shape index (κ2) is 6.24. The lowest BCUT2D eigenvalue weighted by molar-refractivity contribution is 0.568. The van der Waals surface area contributed by atoms with E-state index in [1.165, 1.54) is 0 Å². The van der Waals surface area contributed by atoms with Gasteiger partial charge in [0.2, 0.25) is 0 Å². The van der Waals surface area contributed by atoms with Gasteiger partial charge in [-0.3, -0.25) is 4.68 Å². The van der Waals surface area contributed by atoms with Gasteiger partial charge in [0.05, 0.1) is 17.5 Å². The summed E-state index contributed by atoms with van der Waals surface area (Å²) in [7, 11) is 0. The molecule has 21 heavy (non-hydrogen) atoms. The highest BCUT2D eigenvalue weighted by atomic mass is 15.3. The van der Waals surface area contributed by atoms with Gasteiger partial charge in [-0.05, 0) is 13.3 Å². The molecule has 5 heteroatoms. The highest BCUT2D eigenvalue weighted by molar-refractivity contribution is 5.56. The Bertz CT molecular complexity index is 595. The van der Waals surface area contributed by atoms with E-state index < -0.39 is 0 Å². The average Bonchev–Trinajstić information content (AvgIpc) is 2.93. The average molecular weight is 287 g/mol. The van der Waals surface area contributed by atoms with Gasteiger partial charge in [0.1, 0.15) is 5.82 Å². The second-order valence-electron chi connectivity index (χ2n) is 6.22. The van der Waals surface area contributed by atoms with Gasteiger partial charge in [-0.1, -0.05) is 27.7 Å². The molecule has 114 valence electrons. The number of aryl methyl sites for hydroxylation is 1. The SMILES string of the molecule is CCCNc1cc(C(C)(C)C)nc(-c2cnn(CC)c2)n1. The van der Waals surface area contributed by atoms with Crippen LogP contribution in [0.2, 0.25) is 0 Å². The van der Waals surface area contributed by atoms with E-state index in [-0.39, 0.29) is 5.41 Å². The summed E-state index contributed by atoms with van der Waals surface area (Å²) in [4.78, 5) is 9.35. The summed E-state index contributed by atoms with van der Waals surface area (Å²) in [6.07, 6.45) is 4.89. The maximum atomic E-state index is 4.73. The van der Waals surface area contributed by atoms with Crippen LogP contribution >= 0.6 is 0 Å². The fraction of sp³-hybridized carbons (Fsp3) is 0.562. The zero-order chi connectivity index (χ0) is 15.5. The largest absolute Gasteiger partial charge is 0.370 e. The Labute approximate surface area is 126 Å². The zero-order valence-electron chi connectivity index (χ0n) is 13.6. The van der Waals surface area contributed by atoms with Crippen LogP contribution in [0.25, 0.3) is 11.4 Å². The van der Waals surface area contributed by atoms with E-state index in [9.17, 15) is 0 Å². The minimum Gasteiger partial charge on any atom is -0.370 e. The lowest BCUT2D eigenvalue weighted by Gasteiger charge is -2.19. The number of hydrogen-bond donors (Lipinski definition) is 1. The molecule has 2 heterocycles. The molecule has 0 saturated heterocycles. The maximum absolute atomic E-state index is 4.73. The first-order chi connectivity index (χ1) is 9.94. The molecule has 2 aromatic heterocycles. The van der Waals surface area contributed by atoms with Crippen molar-refractivity contribution in [3.8, 4) is 11.4 Å². The van der Waals surface area contributed by atoms with Crippen LogP contribution in [-0.4, -0.2) is 26.3 Å². The molecule has 0 aliphatic carbocycles. The third-order valence-corrected chi connectivity index (χ3v) is 3.27. The third-order valence-electron chi connectivity index (χ3n) is 3.27. The first-order valence-corrected chi connectivity index (χ1v) is 7.60. The second-order valence-corrected chi connectivity index (χ2v) is 6.22. The molecule has 0 saturated carbocycles. The van der Waals surface area contributed by atoms with Crippen molar-refractivity contribution >= 4 is 5.82 Å². The summed E-state index contributed by atoms with van der Waals surface area (Å²) >= 11 is 0. The molecule has 0 fully saturated rings. The monoisotopic (exact) mass is 287 g/mol. The van der Waals surface area contributed by atoms with Gasteiger partial charge >= 0.3 is 0 Å². The fourth-order valence-electron chi connectivity index (χ4n) is 1.96. The summed E-state index contributed by atoms with van der Waals surface area (Å²) in [5, 5.41) is 7.67. The molecular weight excluding hydrogens is 262 g/mol. The lowest BCUT2D eigenvalue weighted by Crippen LogP contribution is -2.16. The highest BCUT2D eigenvalue weighted by Crippen LogP contribution is 2.25. The van der Waals surface area contributed by atoms with E-state index in [0.29, 0.717) is 0 Å². The molecule has 0 bridgehead atoms. The van der Waals surface area contributed by atoms with Gasteiger partial charge in [0.15, 0.2) is 5.82 Å². The van der Waals surface area contributed by atoms with Crippen molar-refractivity contribution in [2.75, 3.05) is 11.9 Å². The molecule has 0 atom stereocenters. The number of anilines is 1. The van der Waals surface area contributed by atoms with Gasteiger partial charge in [0.25, 0.3) is 0 Å². The third kappa shape index (κ3) is 3.80. The van der Waals surface area contributed by atoms with Gasteiger partial charge in [-0.2, -0.15) is 5.10 Å². The molecule has 0 radical (unpaired) electrons. The first-order valence-electron chi connectivity index (χ1n) is 7.60.